The van der Waals surface area contributed by atoms with Crippen molar-refractivity contribution < 1.29 is 17.0 Å². The van der Waals surface area contributed by atoms with Crippen LogP contribution in [-0.2, 0) is 18.7 Å². The summed E-state index contributed by atoms with van der Waals surface area (Å²) in [7, 11) is -2.64. The van der Waals surface area contributed by atoms with Gasteiger partial charge in [-0.15, -0.1) is 0 Å². The molecule has 0 aromatic heterocycles. The molecule has 0 heterocycles. The summed E-state index contributed by atoms with van der Waals surface area (Å²) >= 11 is 0. The summed E-state index contributed by atoms with van der Waals surface area (Å²) in [4.78, 5) is 0. The van der Waals surface area contributed by atoms with Crippen molar-refractivity contribution in [2.24, 2.45) is 5.41 Å². The van der Waals surface area contributed by atoms with Crippen molar-refractivity contribution in [3.8, 4) is 0 Å². The van der Waals surface area contributed by atoms with Gasteiger partial charge in [0.15, 0.2) is 0 Å². The molecule has 0 aromatic rings. The summed E-state index contributed by atoms with van der Waals surface area (Å²) < 4.78 is 32.6. The van der Waals surface area contributed by atoms with Crippen molar-refractivity contribution in [3.63, 3.8) is 0 Å². The third kappa shape index (κ3) is 6.31. The van der Waals surface area contributed by atoms with E-state index in [2.05, 4.69) is 27.7 Å². The van der Waals surface area contributed by atoms with Crippen LogP contribution >= 0.6 is 0 Å². The standard InChI is InChI=1S/C12H28O4SSi/c1-10(15-17(6,13)14)8-7-9-12(5,16-18)11(2,3)4/h10H,7-9H2,1-6,18H3. The average molecular weight is 297 g/mol. The number of hydrogen-bond acceptors (Lipinski definition) is 4. The minimum atomic E-state index is -3.35. The highest BCUT2D eigenvalue weighted by Crippen LogP contribution is 2.37. The van der Waals surface area contributed by atoms with Crippen LogP contribution in [0.25, 0.3) is 0 Å². The van der Waals surface area contributed by atoms with Crippen LogP contribution in [0.2, 0.25) is 0 Å². The second-order valence-electron chi connectivity index (χ2n) is 6.19. The van der Waals surface area contributed by atoms with Crippen molar-refractivity contribution in [2.75, 3.05) is 6.26 Å². The first kappa shape index (κ1) is 18.1. The molecule has 2 atom stereocenters. The number of hydrogen-bond donors (Lipinski definition) is 0. The monoisotopic (exact) mass is 296 g/mol. The summed E-state index contributed by atoms with van der Waals surface area (Å²) in [6, 6.07) is 0. The smallest absolute Gasteiger partial charge is 0.264 e. The molecule has 4 nitrogen and oxygen atoms in total. The molecule has 0 spiro atoms. The Kier molecular flexibility index (Phi) is 6.53. The molecule has 0 rings (SSSR count). The molecule has 0 radical (unpaired) electrons. The lowest BCUT2D eigenvalue weighted by Crippen LogP contribution is -2.42. The molecule has 0 saturated heterocycles. The second-order valence-corrected chi connectivity index (χ2v) is 8.20. The Morgan fingerprint density at radius 1 is 1.22 bits per heavy atom. The first-order chi connectivity index (χ1) is 7.91. The Morgan fingerprint density at radius 2 is 1.72 bits per heavy atom. The van der Waals surface area contributed by atoms with E-state index in [0.717, 1.165) is 25.5 Å². The molecule has 0 aliphatic heterocycles. The van der Waals surface area contributed by atoms with Gasteiger partial charge >= 0.3 is 0 Å². The molecule has 110 valence electrons. The molecular formula is C12H28O4SSi. The first-order valence-electron chi connectivity index (χ1n) is 6.35. The molecule has 0 aromatic carbocycles. The Labute approximate surface area is 115 Å². The van der Waals surface area contributed by atoms with Crippen LogP contribution in [0.15, 0.2) is 0 Å². The van der Waals surface area contributed by atoms with E-state index in [1.807, 2.05) is 0 Å². The van der Waals surface area contributed by atoms with Gasteiger partial charge in [0, 0.05) is 0 Å². The van der Waals surface area contributed by atoms with Crippen LogP contribution in [0.4, 0.5) is 0 Å². The molecule has 2 unspecified atom stereocenters. The van der Waals surface area contributed by atoms with Gasteiger partial charge in [-0.2, -0.15) is 8.42 Å². The molecule has 0 saturated carbocycles. The molecule has 0 N–H and O–H groups in total. The Bertz CT molecular complexity index is 348. The highest BCUT2D eigenvalue weighted by Gasteiger charge is 2.36. The van der Waals surface area contributed by atoms with Gasteiger partial charge in [-0.25, -0.2) is 0 Å². The fourth-order valence-electron chi connectivity index (χ4n) is 1.86. The Hall–Kier alpha value is 0.0869. The number of rotatable bonds is 7. The quantitative estimate of drug-likeness (QED) is 0.529. The Morgan fingerprint density at radius 3 is 2.06 bits per heavy atom. The SMILES string of the molecule is CC(CCCC(C)(O[SiH3])C(C)(C)C)OS(C)(=O)=O. The van der Waals surface area contributed by atoms with Crippen molar-refractivity contribution in [3.05, 3.63) is 0 Å². The highest BCUT2D eigenvalue weighted by atomic mass is 32.2. The maximum atomic E-state index is 11.0. The van der Waals surface area contributed by atoms with Gasteiger partial charge in [-0.3, -0.25) is 4.18 Å². The van der Waals surface area contributed by atoms with Gasteiger partial charge in [0.25, 0.3) is 10.1 Å². The lowest BCUT2D eigenvalue weighted by molar-refractivity contribution is -0.0207. The van der Waals surface area contributed by atoms with E-state index in [4.69, 9.17) is 8.61 Å². The molecule has 18 heavy (non-hydrogen) atoms. The maximum absolute atomic E-state index is 11.0. The fraction of sp³-hybridized carbons (Fsp3) is 1.00. The van der Waals surface area contributed by atoms with E-state index in [0.29, 0.717) is 10.5 Å². The third-order valence-electron chi connectivity index (χ3n) is 3.64. The Balaban J connectivity index is 4.26. The third-order valence-corrected chi connectivity index (χ3v) is 5.22. The predicted octanol–water partition coefficient (Wildman–Crippen LogP) is 1.62. The molecule has 0 fully saturated rings. The summed E-state index contributed by atoms with van der Waals surface area (Å²) in [5.74, 6) is 0. The minimum Gasteiger partial charge on any atom is -0.422 e. The van der Waals surface area contributed by atoms with Crippen molar-refractivity contribution >= 4 is 20.6 Å². The zero-order valence-electron chi connectivity index (χ0n) is 12.7. The fourth-order valence-corrected chi connectivity index (χ4v) is 3.37. The van der Waals surface area contributed by atoms with Crippen LogP contribution in [0.1, 0.15) is 53.9 Å². The van der Waals surface area contributed by atoms with E-state index >= 15 is 0 Å². The van der Waals surface area contributed by atoms with Crippen LogP contribution < -0.4 is 0 Å². The topological polar surface area (TPSA) is 52.6 Å². The molecular weight excluding hydrogens is 268 g/mol. The predicted molar refractivity (Wildman–Crippen MR) is 78.1 cm³/mol. The zero-order chi connectivity index (χ0) is 14.6. The minimum absolute atomic E-state index is 0.0790. The molecule has 0 aliphatic carbocycles. The van der Waals surface area contributed by atoms with Crippen LogP contribution in [0.5, 0.6) is 0 Å². The van der Waals surface area contributed by atoms with E-state index in [1.165, 1.54) is 0 Å². The largest absolute Gasteiger partial charge is 0.422 e. The van der Waals surface area contributed by atoms with Gasteiger partial charge in [-0.05, 0) is 38.5 Å². The highest BCUT2D eigenvalue weighted by molar-refractivity contribution is 7.86. The van der Waals surface area contributed by atoms with Gasteiger partial charge in [-0.1, -0.05) is 20.8 Å². The van der Waals surface area contributed by atoms with Gasteiger partial charge < -0.3 is 4.43 Å². The van der Waals surface area contributed by atoms with Gasteiger partial charge in [0.1, 0.15) is 10.5 Å². The second kappa shape index (κ2) is 6.50. The van der Waals surface area contributed by atoms with Crippen LogP contribution in [-0.4, -0.2) is 36.9 Å². The van der Waals surface area contributed by atoms with Crippen molar-refractivity contribution in [1.82, 2.24) is 0 Å². The van der Waals surface area contributed by atoms with Crippen LogP contribution in [0.3, 0.4) is 0 Å². The molecule has 0 aliphatic rings. The lowest BCUT2D eigenvalue weighted by atomic mass is 9.75. The molecule has 6 heteroatoms. The normalized spacial score (nSPS) is 18.6. The van der Waals surface area contributed by atoms with E-state index < -0.39 is 10.1 Å². The maximum Gasteiger partial charge on any atom is 0.264 e. The lowest BCUT2D eigenvalue weighted by Gasteiger charge is -2.41. The molecule has 0 bridgehead atoms. The zero-order valence-corrected chi connectivity index (χ0v) is 15.6. The summed E-state index contributed by atoms with van der Waals surface area (Å²) in [6.45, 7) is 10.4. The van der Waals surface area contributed by atoms with E-state index in [1.54, 1.807) is 6.92 Å². The first-order valence-corrected chi connectivity index (χ1v) is 8.98. The van der Waals surface area contributed by atoms with E-state index in [-0.39, 0.29) is 17.1 Å². The van der Waals surface area contributed by atoms with Crippen molar-refractivity contribution in [1.29, 1.82) is 0 Å². The van der Waals surface area contributed by atoms with E-state index in [9.17, 15) is 8.42 Å². The van der Waals surface area contributed by atoms with Crippen molar-refractivity contribution in [2.45, 2.75) is 65.6 Å². The average Bonchev–Trinajstić information content (AvgIpc) is 2.12. The summed E-state index contributed by atoms with van der Waals surface area (Å²) in [5, 5.41) is 0. The molecule has 0 amide bonds. The van der Waals surface area contributed by atoms with Crippen LogP contribution in [0, 0.1) is 5.41 Å². The van der Waals surface area contributed by atoms with Gasteiger partial charge in [0.2, 0.25) is 0 Å². The summed E-state index contributed by atoms with van der Waals surface area (Å²) in [6.07, 6.45) is 3.36. The van der Waals surface area contributed by atoms with Gasteiger partial charge in [0.05, 0.1) is 18.0 Å². The summed E-state index contributed by atoms with van der Waals surface area (Å²) in [5.41, 5.74) is -0.0697.